The molecule has 1 aromatic rings. The van der Waals surface area contributed by atoms with Gasteiger partial charge >= 0.3 is 0 Å². The van der Waals surface area contributed by atoms with E-state index in [4.69, 9.17) is 16.3 Å². The van der Waals surface area contributed by atoms with Gasteiger partial charge in [-0.05, 0) is 37.3 Å². The maximum atomic E-state index is 6.19. The molecule has 1 aromatic carbocycles. The highest BCUT2D eigenvalue weighted by molar-refractivity contribution is 9.08. The number of hydrogen-bond acceptors (Lipinski definition) is 1. The van der Waals surface area contributed by atoms with E-state index in [-0.39, 0.29) is 0 Å². The standard InChI is InChI=1S/C15H20BrClO/c1-2-11-5-3-6-12(9-11)18-15-8-4-7-14(17)13(15)10-16/h4,7-8,11-12H,2-3,5-6,9-10H2,1H3. The number of benzene rings is 1. The monoisotopic (exact) mass is 330 g/mol. The molecular weight excluding hydrogens is 312 g/mol. The van der Waals surface area contributed by atoms with E-state index in [0.717, 1.165) is 27.6 Å². The number of halogens is 2. The summed E-state index contributed by atoms with van der Waals surface area (Å²) in [5.41, 5.74) is 1.07. The first-order valence-electron chi connectivity index (χ1n) is 6.74. The maximum Gasteiger partial charge on any atom is 0.125 e. The quantitative estimate of drug-likeness (QED) is 0.654. The third-order valence-electron chi connectivity index (χ3n) is 3.82. The Morgan fingerprint density at radius 3 is 2.94 bits per heavy atom. The third kappa shape index (κ3) is 3.42. The predicted molar refractivity (Wildman–Crippen MR) is 80.7 cm³/mol. The zero-order valence-corrected chi connectivity index (χ0v) is 13.1. The van der Waals surface area contributed by atoms with Crippen LogP contribution in [0.15, 0.2) is 18.2 Å². The minimum absolute atomic E-state index is 0.361. The fourth-order valence-electron chi connectivity index (χ4n) is 2.68. The second-order valence-corrected chi connectivity index (χ2v) is 6.00. The maximum absolute atomic E-state index is 6.19. The SMILES string of the molecule is CCC1CCCC(Oc2cccc(Cl)c2CBr)C1. The predicted octanol–water partition coefficient (Wildman–Crippen LogP) is 5.58. The molecule has 2 atom stereocenters. The van der Waals surface area contributed by atoms with Crippen molar-refractivity contribution in [2.75, 3.05) is 0 Å². The van der Waals surface area contributed by atoms with Crippen LogP contribution in [0.4, 0.5) is 0 Å². The average molecular weight is 332 g/mol. The van der Waals surface area contributed by atoms with Crippen LogP contribution in [-0.4, -0.2) is 6.10 Å². The van der Waals surface area contributed by atoms with Crippen molar-refractivity contribution in [1.82, 2.24) is 0 Å². The average Bonchev–Trinajstić information content (AvgIpc) is 2.39. The number of ether oxygens (including phenoxy) is 1. The minimum Gasteiger partial charge on any atom is -0.490 e. The Bertz CT molecular complexity index is 394. The molecule has 2 unspecified atom stereocenters. The van der Waals surface area contributed by atoms with E-state index in [0.29, 0.717) is 6.10 Å². The first kappa shape index (κ1) is 14.2. The van der Waals surface area contributed by atoms with Crippen molar-refractivity contribution in [2.45, 2.75) is 50.5 Å². The molecule has 2 rings (SSSR count). The largest absolute Gasteiger partial charge is 0.490 e. The van der Waals surface area contributed by atoms with E-state index in [2.05, 4.69) is 22.9 Å². The van der Waals surface area contributed by atoms with Gasteiger partial charge in [0.15, 0.2) is 0 Å². The van der Waals surface area contributed by atoms with Gasteiger partial charge in [0.25, 0.3) is 0 Å². The molecule has 0 aromatic heterocycles. The van der Waals surface area contributed by atoms with Crippen LogP contribution in [0.25, 0.3) is 0 Å². The Labute approximate surface area is 123 Å². The van der Waals surface area contributed by atoms with Crippen LogP contribution >= 0.6 is 27.5 Å². The first-order chi connectivity index (χ1) is 8.74. The summed E-state index contributed by atoms with van der Waals surface area (Å²) < 4.78 is 6.18. The molecule has 3 heteroatoms. The summed E-state index contributed by atoms with van der Waals surface area (Å²) in [7, 11) is 0. The highest BCUT2D eigenvalue weighted by Gasteiger charge is 2.23. The van der Waals surface area contributed by atoms with Crippen LogP contribution in [-0.2, 0) is 5.33 Å². The lowest BCUT2D eigenvalue weighted by Gasteiger charge is -2.29. The number of hydrogen-bond donors (Lipinski definition) is 0. The van der Waals surface area contributed by atoms with Crippen LogP contribution in [0, 0.1) is 5.92 Å². The molecule has 1 aliphatic carbocycles. The van der Waals surface area contributed by atoms with Gasteiger partial charge in [0.1, 0.15) is 5.75 Å². The van der Waals surface area contributed by atoms with Crippen LogP contribution in [0.5, 0.6) is 5.75 Å². The van der Waals surface area contributed by atoms with Crippen molar-refractivity contribution in [1.29, 1.82) is 0 Å². The Kier molecular flexibility index (Phi) is 5.38. The smallest absolute Gasteiger partial charge is 0.125 e. The Morgan fingerprint density at radius 1 is 1.39 bits per heavy atom. The lowest BCUT2D eigenvalue weighted by molar-refractivity contribution is 0.121. The Balaban J connectivity index is 2.07. The molecule has 0 radical (unpaired) electrons. The van der Waals surface area contributed by atoms with Gasteiger partial charge in [-0.3, -0.25) is 0 Å². The lowest BCUT2D eigenvalue weighted by atomic mass is 9.85. The van der Waals surface area contributed by atoms with E-state index in [9.17, 15) is 0 Å². The first-order valence-corrected chi connectivity index (χ1v) is 8.24. The number of alkyl halides is 1. The summed E-state index contributed by atoms with van der Waals surface area (Å²) in [4.78, 5) is 0. The molecule has 1 fully saturated rings. The Hall–Kier alpha value is -0.210. The summed E-state index contributed by atoms with van der Waals surface area (Å²) in [6, 6.07) is 5.91. The lowest BCUT2D eigenvalue weighted by Crippen LogP contribution is -2.25. The topological polar surface area (TPSA) is 9.23 Å². The molecule has 1 nitrogen and oxygen atoms in total. The van der Waals surface area contributed by atoms with Gasteiger partial charge in [0.05, 0.1) is 6.10 Å². The minimum atomic E-state index is 0.361. The van der Waals surface area contributed by atoms with Crippen molar-refractivity contribution >= 4 is 27.5 Å². The summed E-state index contributed by atoms with van der Waals surface area (Å²) >= 11 is 9.68. The van der Waals surface area contributed by atoms with Crippen LogP contribution in [0.1, 0.15) is 44.6 Å². The molecule has 0 N–H and O–H groups in total. The summed E-state index contributed by atoms with van der Waals surface area (Å²) in [6.07, 6.45) is 6.63. The van der Waals surface area contributed by atoms with E-state index < -0.39 is 0 Å². The van der Waals surface area contributed by atoms with E-state index in [1.807, 2.05) is 18.2 Å². The van der Waals surface area contributed by atoms with Gasteiger partial charge in [0.2, 0.25) is 0 Å². The summed E-state index contributed by atoms with van der Waals surface area (Å²) in [5, 5.41) is 1.53. The van der Waals surface area contributed by atoms with Crippen LogP contribution in [0.3, 0.4) is 0 Å². The van der Waals surface area contributed by atoms with Gasteiger partial charge in [0, 0.05) is 15.9 Å². The van der Waals surface area contributed by atoms with Gasteiger partial charge in [-0.2, -0.15) is 0 Å². The molecule has 0 aliphatic heterocycles. The molecule has 18 heavy (non-hydrogen) atoms. The fraction of sp³-hybridized carbons (Fsp3) is 0.600. The zero-order chi connectivity index (χ0) is 13.0. The normalized spacial score (nSPS) is 23.9. The van der Waals surface area contributed by atoms with Gasteiger partial charge < -0.3 is 4.74 Å². The molecule has 100 valence electrons. The van der Waals surface area contributed by atoms with Crippen LogP contribution in [0.2, 0.25) is 5.02 Å². The van der Waals surface area contributed by atoms with Crippen molar-refractivity contribution in [3.8, 4) is 5.75 Å². The van der Waals surface area contributed by atoms with E-state index in [1.165, 1.54) is 32.1 Å². The molecule has 0 amide bonds. The molecule has 0 heterocycles. The van der Waals surface area contributed by atoms with Crippen molar-refractivity contribution in [3.05, 3.63) is 28.8 Å². The fourth-order valence-corrected chi connectivity index (χ4v) is 3.65. The molecule has 0 bridgehead atoms. The third-order valence-corrected chi connectivity index (χ3v) is 4.73. The second-order valence-electron chi connectivity index (χ2n) is 5.03. The second kappa shape index (κ2) is 6.81. The molecule has 0 spiro atoms. The molecule has 1 saturated carbocycles. The highest BCUT2D eigenvalue weighted by Crippen LogP contribution is 2.33. The molecule has 1 aliphatic rings. The van der Waals surface area contributed by atoms with E-state index >= 15 is 0 Å². The summed E-state index contributed by atoms with van der Waals surface area (Å²) in [6.45, 7) is 2.27. The number of rotatable bonds is 4. The van der Waals surface area contributed by atoms with E-state index in [1.54, 1.807) is 0 Å². The zero-order valence-electron chi connectivity index (χ0n) is 10.8. The van der Waals surface area contributed by atoms with Crippen LogP contribution < -0.4 is 4.74 Å². The van der Waals surface area contributed by atoms with Crippen molar-refractivity contribution < 1.29 is 4.74 Å². The van der Waals surface area contributed by atoms with Gasteiger partial charge in [-0.15, -0.1) is 0 Å². The molecule has 0 saturated heterocycles. The van der Waals surface area contributed by atoms with Crippen molar-refractivity contribution in [3.63, 3.8) is 0 Å². The highest BCUT2D eigenvalue weighted by atomic mass is 79.9. The van der Waals surface area contributed by atoms with Gasteiger partial charge in [-0.25, -0.2) is 0 Å². The van der Waals surface area contributed by atoms with Crippen molar-refractivity contribution in [2.24, 2.45) is 5.92 Å². The van der Waals surface area contributed by atoms with Gasteiger partial charge in [-0.1, -0.05) is 53.4 Å². The Morgan fingerprint density at radius 2 is 2.22 bits per heavy atom. The summed E-state index contributed by atoms with van der Waals surface area (Å²) in [5.74, 6) is 1.77. The molecular formula is C15H20BrClO.